The Morgan fingerprint density at radius 1 is 1.73 bits per heavy atom. The number of H-pyrrole nitrogens is 1. The molecule has 1 amide bonds. The van der Waals surface area contributed by atoms with Crippen molar-refractivity contribution in [2.75, 3.05) is 6.54 Å². The van der Waals surface area contributed by atoms with E-state index in [1.165, 1.54) is 0 Å². The normalized spacial score (nSPS) is 12.4. The molecule has 1 aromatic heterocycles. The number of hydrogen-bond donors (Lipinski definition) is 3. The number of nitrogens with one attached hydrogen (secondary N) is 2. The molecule has 3 N–H and O–H groups in total. The van der Waals surface area contributed by atoms with Gasteiger partial charge in [0.25, 0.3) is 0 Å². The third kappa shape index (κ3) is 4.60. The van der Waals surface area contributed by atoms with E-state index in [0.717, 1.165) is 12.1 Å². The van der Waals surface area contributed by atoms with Gasteiger partial charge in [-0.2, -0.15) is 5.10 Å². The Balaban J connectivity index is 2.19. The molecular weight excluding hydrogens is 194 g/mol. The number of amides is 1. The van der Waals surface area contributed by atoms with E-state index < -0.39 is 6.10 Å². The number of aromatic nitrogens is 2. The molecule has 15 heavy (non-hydrogen) atoms. The van der Waals surface area contributed by atoms with Gasteiger partial charge in [-0.1, -0.05) is 13.3 Å². The summed E-state index contributed by atoms with van der Waals surface area (Å²) in [6.07, 6.45) is 3.07. The second kappa shape index (κ2) is 6.19. The predicted octanol–water partition coefficient (Wildman–Crippen LogP) is 0.229. The van der Waals surface area contributed by atoms with Crippen molar-refractivity contribution in [3.8, 4) is 0 Å². The number of aliphatic hydroxyl groups excluding tert-OH is 1. The van der Waals surface area contributed by atoms with E-state index in [4.69, 9.17) is 0 Å². The fraction of sp³-hybridized carbons (Fsp3) is 0.600. The molecule has 1 unspecified atom stereocenters. The standard InChI is InChI=1S/C10H17N3O2/c1-2-3-9(14)7-11-10(15)6-8-4-5-12-13-8/h4-5,9,14H,2-3,6-7H2,1H3,(H,11,15)(H,12,13). The predicted molar refractivity (Wildman–Crippen MR) is 56.2 cm³/mol. The topological polar surface area (TPSA) is 78.0 Å². The number of carbonyl (C=O) groups excluding carboxylic acids is 1. The summed E-state index contributed by atoms with van der Waals surface area (Å²) in [6.45, 7) is 2.32. The molecule has 0 fully saturated rings. The zero-order chi connectivity index (χ0) is 11.1. The number of rotatable bonds is 6. The maximum atomic E-state index is 11.3. The van der Waals surface area contributed by atoms with E-state index in [1.807, 2.05) is 6.92 Å². The zero-order valence-corrected chi connectivity index (χ0v) is 8.86. The monoisotopic (exact) mass is 211 g/mol. The second-order valence-corrected chi connectivity index (χ2v) is 3.51. The highest BCUT2D eigenvalue weighted by atomic mass is 16.3. The quantitative estimate of drug-likeness (QED) is 0.630. The van der Waals surface area contributed by atoms with Crippen LogP contribution in [0.25, 0.3) is 0 Å². The Bertz CT molecular complexity index is 285. The molecule has 5 nitrogen and oxygen atoms in total. The molecule has 0 aliphatic heterocycles. The lowest BCUT2D eigenvalue weighted by atomic mass is 10.2. The SMILES string of the molecule is CCCC(O)CNC(=O)Cc1ccn[nH]1. The maximum Gasteiger partial charge on any atom is 0.226 e. The van der Waals surface area contributed by atoms with Gasteiger partial charge in [-0.25, -0.2) is 0 Å². The average Bonchev–Trinajstić information content (AvgIpc) is 2.68. The summed E-state index contributed by atoms with van der Waals surface area (Å²) in [5.74, 6) is -0.102. The fourth-order valence-corrected chi connectivity index (χ4v) is 1.29. The van der Waals surface area contributed by atoms with E-state index in [1.54, 1.807) is 12.3 Å². The van der Waals surface area contributed by atoms with Crippen LogP contribution in [0.2, 0.25) is 0 Å². The van der Waals surface area contributed by atoms with Gasteiger partial charge < -0.3 is 10.4 Å². The summed E-state index contributed by atoms with van der Waals surface area (Å²) >= 11 is 0. The molecule has 1 atom stereocenters. The van der Waals surface area contributed by atoms with Crippen molar-refractivity contribution in [3.05, 3.63) is 18.0 Å². The first-order valence-electron chi connectivity index (χ1n) is 5.15. The van der Waals surface area contributed by atoms with Crippen LogP contribution in [-0.2, 0) is 11.2 Å². The summed E-state index contributed by atoms with van der Waals surface area (Å²) in [5.41, 5.74) is 0.775. The second-order valence-electron chi connectivity index (χ2n) is 3.51. The first-order chi connectivity index (χ1) is 7.22. The van der Waals surface area contributed by atoms with Crippen LogP contribution in [-0.4, -0.2) is 33.9 Å². The van der Waals surface area contributed by atoms with Gasteiger partial charge in [-0.05, 0) is 12.5 Å². The van der Waals surface area contributed by atoms with Gasteiger partial charge in [-0.15, -0.1) is 0 Å². The number of aromatic amines is 1. The first kappa shape index (κ1) is 11.7. The molecule has 0 aliphatic carbocycles. The van der Waals surface area contributed by atoms with Crippen LogP contribution in [0, 0.1) is 0 Å². The van der Waals surface area contributed by atoms with Gasteiger partial charge in [0.15, 0.2) is 0 Å². The van der Waals surface area contributed by atoms with E-state index in [0.29, 0.717) is 13.0 Å². The molecule has 5 heteroatoms. The van der Waals surface area contributed by atoms with Crippen molar-refractivity contribution < 1.29 is 9.90 Å². The highest BCUT2D eigenvalue weighted by molar-refractivity contribution is 5.78. The Morgan fingerprint density at radius 3 is 3.13 bits per heavy atom. The molecule has 0 saturated carbocycles. The lowest BCUT2D eigenvalue weighted by molar-refractivity contribution is -0.121. The summed E-state index contributed by atoms with van der Waals surface area (Å²) < 4.78 is 0. The third-order valence-electron chi connectivity index (χ3n) is 2.07. The van der Waals surface area contributed by atoms with Crippen molar-refractivity contribution in [1.82, 2.24) is 15.5 Å². The number of aliphatic hydroxyl groups is 1. The lowest BCUT2D eigenvalue weighted by Gasteiger charge is -2.09. The lowest BCUT2D eigenvalue weighted by Crippen LogP contribution is -2.33. The van der Waals surface area contributed by atoms with Crippen LogP contribution in [0.5, 0.6) is 0 Å². The van der Waals surface area contributed by atoms with Crippen molar-refractivity contribution in [3.63, 3.8) is 0 Å². The Kier molecular flexibility index (Phi) is 4.83. The molecule has 0 saturated heterocycles. The zero-order valence-electron chi connectivity index (χ0n) is 8.86. The van der Waals surface area contributed by atoms with Gasteiger partial charge in [-0.3, -0.25) is 9.89 Å². The van der Waals surface area contributed by atoms with Crippen LogP contribution >= 0.6 is 0 Å². The van der Waals surface area contributed by atoms with Crippen LogP contribution < -0.4 is 5.32 Å². The summed E-state index contributed by atoms with van der Waals surface area (Å²) in [4.78, 5) is 11.3. The molecule has 84 valence electrons. The van der Waals surface area contributed by atoms with Gasteiger partial charge in [0, 0.05) is 18.4 Å². The maximum absolute atomic E-state index is 11.3. The molecule has 0 bridgehead atoms. The minimum atomic E-state index is -0.444. The van der Waals surface area contributed by atoms with E-state index in [-0.39, 0.29) is 12.3 Å². The van der Waals surface area contributed by atoms with Crippen molar-refractivity contribution >= 4 is 5.91 Å². The van der Waals surface area contributed by atoms with Crippen molar-refractivity contribution in [2.45, 2.75) is 32.3 Å². The van der Waals surface area contributed by atoms with Crippen LogP contribution in [0.3, 0.4) is 0 Å². The molecule has 1 rings (SSSR count). The minimum Gasteiger partial charge on any atom is -0.391 e. The Labute approximate surface area is 88.9 Å². The molecule has 0 spiro atoms. The van der Waals surface area contributed by atoms with E-state index >= 15 is 0 Å². The van der Waals surface area contributed by atoms with Crippen LogP contribution in [0.15, 0.2) is 12.3 Å². The highest BCUT2D eigenvalue weighted by Gasteiger charge is 2.07. The highest BCUT2D eigenvalue weighted by Crippen LogP contribution is 1.95. The first-order valence-corrected chi connectivity index (χ1v) is 5.15. The number of carbonyl (C=O) groups is 1. The molecule has 0 radical (unpaired) electrons. The van der Waals surface area contributed by atoms with Gasteiger partial charge in [0.2, 0.25) is 5.91 Å². The summed E-state index contributed by atoms with van der Waals surface area (Å²) in [7, 11) is 0. The number of nitrogens with zero attached hydrogens (tertiary/aromatic N) is 1. The summed E-state index contributed by atoms with van der Waals surface area (Å²) in [5, 5.41) is 18.5. The van der Waals surface area contributed by atoms with Gasteiger partial charge in [0.1, 0.15) is 0 Å². The molecule has 0 aromatic carbocycles. The fourth-order valence-electron chi connectivity index (χ4n) is 1.29. The number of hydrogen-bond acceptors (Lipinski definition) is 3. The van der Waals surface area contributed by atoms with Crippen LogP contribution in [0.1, 0.15) is 25.5 Å². The van der Waals surface area contributed by atoms with E-state index in [2.05, 4.69) is 15.5 Å². The average molecular weight is 211 g/mol. The van der Waals surface area contributed by atoms with Gasteiger partial charge >= 0.3 is 0 Å². The minimum absolute atomic E-state index is 0.102. The summed E-state index contributed by atoms with van der Waals surface area (Å²) in [6, 6.07) is 1.75. The van der Waals surface area contributed by atoms with Crippen molar-refractivity contribution in [1.29, 1.82) is 0 Å². The third-order valence-corrected chi connectivity index (χ3v) is 2.07. The van der Waals surface area contributed by atoms with E-state index in [9.17, 15) is 9.90 Å². The Hall–Kier alpha value is -1.36. The molecule has 1 heterocycles. The largest absolute Gasteiger partial charge is 0.391 e. The smallest absolute Gasteiger partial charge is 0.226 e. The molecule has 1 aromatic rings. The molecular formula is C10H17N3O2. The molecule has 0 aliphatic rings. The van der Waals surface area contributed by atoms with Gasteiger partial charge in [0.05, 0.1) is 12.5 Å². The van der Waals surface area contributed by atoms with Crippen molar-refractivity contribution in [2.24, 2.45) is 0 Å². The van der Waals surface area contributed by atoms with Crippen LogP contribution in [0.4, 0.5) is 0 Å². The Morgan fingerprint density at radius 2 is 2.53 bits per heavy atom.